The van der Waals surface area contributed by atoms with Crippen LogP contribution >= 0.6 is 0 Å². The van der Waals surface area contributed by atoms with Crippen LogP contribution in [0, 0.1) is 0 Å². The van der Waals surface area contributed by atoms with Crippen molar-refractivity contribution >= 4 is 5.97 Å². The molecule has 1 fully saturated rings. The van der Waals surface area contributed by atoms with Gasteiger partial charge in [0.15, 0.2) is 0 Å². The van der Waals surface area contributed by atoms with E-state index in [0.29, 0.717) is 19.6 Å². The maximum atomic E-state index is 11.1. The van der Waals surface area contributed by atoms with Gasteiger partial charge in [-0.05, 0) is 13.8 Å². The summed E-state index contributed by atoms with van der Waals surface area (Å²) in [6.07, 6.45) is 0.167. The molecule has 1 heterocycles. The molecule has 1 atom stereocenters. The lowest BCUT2D eigenvalue weighted by Crippen LogP contribution is -2.49. The molecule has 6 nitrogen and oxygen atoms in total. The van der Waals surface area contributed by atoms with Crippen molar-refractivity contribution in [3.05, 3.63) is 0 Å². The second-order valence-electron chi connectivity index (χ2n) is 5.50. The van der Waals surface area contributed by atoms with Gasteiger partial charge in [-0.2, -0.15) is 0 Å². The van der Waals surface area contributed by atoms with E-state index in [1.54, 1.807) is 0 Å². The molecule has 0 spiro atoms. The molecule has 0 aromatic heterocycles. The summed E-state index contributed by atoms with van der Waals surface area (Å²) < 4.78 is 10.0. The Balaban J connectivity index is 2.13. The van der Waals surface area contributed by atoms with Crippen LogP contribution in [0.1, 0.15) is 20.3 Å². The van der Waals surface area contributed by atoms with E-state index in [4.69, 9.17) is 4.74 Å². The van der Waals surface area contributed by atoms with Gasteiger partial charge < -0.3 is 19.5 Å². The van der Waals surface area contributed by atoms with Crippen molar-refractivity contribution in [2.24, 2.45) is 0 Å². The number of hydrogen-bond donors (Lipinski definition) is 1. The SMILES string of the molecule is COC(=O)CCN1CCN(CC(O)COC(C)C)CC1. The number of ether oxygens (including phenoxy) is 2. The summed E-state index contributed by atoms with van der Waals surface area (Å²) in [5, 5.41) is 9.88. The fourth-order valence-corrected chi connectivity index (χ4v) is 2.20. The van der Waals surface area contributed by atoms with Crippen LogP contribution in [0.3, 0.4) is 0 Å². The van der Waals surface area contributed by atoms with Crippen LogP contribution in [0.15, 0.2) is 0 Å². The Morgan fingerprint density at radius 1 is 1.20 bits per heavy atom. The number of aliphatic hydroxyl groups is 1. The number of hydrogen-bond acceptors (Lipinski definition) is 6. The number of piperazine rings is 1. The summed E-state index contributed by atoms with van der Waals surface area (Å²) in [7, 11) is 1.42. The van der Waals surface area contributed by atoms with Crippen LogP contribution in [0.2, 0.25) is 0 Å². The van der Waals surface area contributed by atoms with E-state index >= 15 is 0 Å². The smallest absolute Gasteiger partial charge is 0.306 e. The molecule has 1 N–H and O–H groups in total. The van der Waals surface area contributed by atoms with E-state index in [0.717, 1.165) is 32.7 Å². The van der Waals surface area contributed by atoms with Gasteiger partial charge in [0.05, 0.1) is 32.3 Å². The van der Waals surface area contributed by atoms with Gasteiger partial charge in [0.2, 0.25) is 0 Å². The third-order valence-electron chi connectivity index (χ3n) is 3.42. The fraction of sp³-hybridized carbons (Fsp3) is 0.929. The van der Waals surface area contributed by atoms with Gasteiger partial charge in [-0.3, -0.25) is 9.69 Å². The lowest BCUT2D eigenvalue weighted by atomic mass is 10.2. The molecule has 1 unspecified atom stereocenters. The molecule has 0 radical (unpaired) electrons. The minimum Gasteiger partial charge on any atom is -0.469 e. The highest BCUT2D eigenvalue weighted by atomic mass is 16.5. The molecule has 1 rings (SSSR count). The van der Waals surface area contributed by atoms with E-state index in [9.17, 15) is 9.90 Å². The summed E-state index contributed by atoms with van der Waals surface area (Å²) in [5.74, 6) is -0.159. The largest absolute Gasteiger partial charge is 0.469 e. The highest BCUT2D eigenvalue weighted by Crippen LogP contribution is 2.04. The average molecular weight is 288 g/mol. The van der Waals surface area contributed by atoms with Gasteiger partial charge in [0.1, 0.15) is 0 Å². The van der Waals surface area contributed by atoms with Crippen LogP contribution in [0.4, 0.5) is 0 Å². The molecule has 1 saturated heterocycles. The molecule has 20 heavy (non-hydrogen) atoms. The van der Waals surface area contributed by atoms with Crippen LogP contribution in [0.25, 0.3) is 0 Å². The van der Waals surface area contributed by atoms with Crippen LogP contribution in [0.5, 0.6) is 0 Å². The summed E-state index contributed by atoms with van der Waals surface area (Å²) in [6.45, 7) is 9.40. The number of aliphatic hydroxyl groups excluding tert-OH is 1. The fourth-order valence-electron chi connectivity index (χ4n) is 2.20. The Kier molecular flexibility index (Phi) is 8.06. The molecular formula is C14H28N2O4. The minimum atomic E-state index is -0.431. The summed E-state index contributed by atoms with van der Waals surface area (Å²) in [4.78, 5) is 15.6. The Bertz CT molecular complexity index is 278. The van der Waals surface area contributed by atoms with Crippen LogP contribution in [-0.2, 0) is 14.3 Å². The quantitative estimate of drug-likeness (QED) is 0.632. The predicted octanol–water partition coefficient (Wildman–Crippen LogP) is -0.0470. The van der Waals surface area contributed by atoms with Gasteiger partial charge in [-0.25, -0.2) is 0 Å². The molecule has 1 aliphatic heterocycles. The number of rotatable bonds is 8. The highest BCUT2D eigenvalue weighted by molar-refractivity contribution is 5.69. The van der Waals surface area contributed by atoms with E-state index in [2.05, 4.69) is 14.5 Å². The normalized spacial score (nSPS) is 19.2. The van der Waals surface area contributed by atoms with Crippen LogP contribution < -0.4 is 0 Å². The maximum absolute atomic E-state index is 11.1. The number of carbonyl (C=O) groups excluding carboxylic acids is 1. The monoisotopic (exact) mass is 288 g/mol. The van der Waals surface area contributed by atoms with Gasteiger partial charge in [-0.1, -0.05) is 0 Å². The first-order valence-electron chi connectivity index (χ1n) is 7.32. The van der Waals surface area contributed by atoms with Gasteiger partial charge in [-0.15, -0.1) is 0 Å². The molecule has 0 aromatic carbocycles. The van der Waals surface area contributed by atoms with Gasteiger partial charge in [0.25, 0.3) is 0 Å². The molecule has 118 valence electrons. The second kappa shape index (κ2) is 9.28. The Morgan fingerprint density at radius 2 is 1.80 bits per heavy atom. The van der Waals surface area contributed by atoms with Crippen molar-refractivity contribution in [1.29, 1.82) is 0 Å². The topological polar surface area (TPSA) is 62.2 Å². The molecule has 0 aliphatic carbocycles. The molecule has 0 bridgehead atoms. The van der Waals surface area contributed by atoms with Crippen molar-refractivity contribution in [2.45, 2.75) is 32.5 Å². The first-order valence-corrected chi connectivity index (χ1v) is 7.32. The Morgan fingerprint density at radius 3 is 2.35 bits per heavy atom. The lowest BCUT2D eigenvalue weighted by Gasteiger charge is -2.35. The highest BCUT2D eigenvalue weighted by Gasteiger charge is 2.19. The van der Waals surface area contributed by atoms with Gasteiger partial charge >= 0.3 is 5.97 Å². The summed E-state index contributed by atoms with van der Waals surface area (Å²) >= 11 is 0. The van der Waals surface area contributed by atoms with Crippen molar-refractivity contribution in [3.8, 4) is 0 Å². The van der Waals surface area contributed by atoms with Gasteiger partial charge in [0, 0.05) is 39.3 Å². The first-order chi connectivity index (χ1) is 9.51. The number of esters is 1. The number of nitrogens with zero attached hydrogens (tertiary/aromatic N) is 2. The zero-order valence-corrected chi connectivity index (χ0v) is 12.9. The second-order valence-corrected chi connectivity index (χ2v) is 5.50. The minimum absolute atomic E-state index is 0.153. The molecular weight excluding hydrogens is 260 g/mol. The Labute approximate surface area is 121 Å². The summed E-state index contributed by atoms with van der Waals surface area (Å²) in [6, 6.07) is 0. The molecule has 0 saturated carbocycles. The molecule has 1 aliphatic rings. The third-order valence-corrected chi connectivity index (χ3v) is 3.42. The molecule has 0 amide bonds. The molecule has 6 heteroatoms. The predicted molar refractivity (Wildman–Crippen MR) is 76.6 cm³/mol. The van der Waals surface area contributed by atoms with Crippen LogP contribution in [-0.4, -0.2) is 86.1 Å². The van der Waals surface area contributed by atoms with E-state index in [-0.39, 0.29) is 12.1 Å². The van der Waals surface area contributed by atoms with Crippen molar-refractivity contribution < 1.29 is 19.4 Å². The van der Waals surface area contributed by atoms with Crippen molar-refractivity contribution in [3.63, 3.8) is 0 Å². The average Bonchev–Trinajstić information content (AvgIpc) is 2.44. The standard InChI is InChI=1S/C14H28N2O4/c1-12(2)20-11-13(17)10-16-8-6-15(7-9-16)5-4-14(18)19-3/h12-13,17H,4-11H2,1-3H3. The van der Waals surface area contributed by atoms with Crippen molar-refractivity contribution in [1.82, 2.24) is 9.80 Å². The zero-order chi connectivity index (χ0) is 15.0. The molecule has 0 aromatic rings. The Hall–Kier alpha value is -0.690. The number of carbonyl (C=O) groups is 1. The number of β-amino-alcohol motifs (C(OH)–C–C–N with tert-alkyl or cyclic N) is 1. The van der Waals surface area contributed by atoms with E-state index in [1.165, 1.54) is 7.11 Å². The van der Waals surface area contributed by atoms with Crippen molar-refractivity contribution in [2.75, 3.05) is 53.0 Å². The zero-order valence-electron chi connectivity index (χ0n) is 12.9. The summed E-state index contributed by atoms with van der Waals surface area (Å²) in [5.41, 5.74) is 0. The first kappa shape index (κ1) is 17.4. The van der Waals surface area contributed by atoms with E-state index in [1.807, 2.05) is 13.8 Å². The lowest BCUT2D eigenvalue weighted by molar-refractivity contribution is -0.141. The third kappa shape index (κ3) is 7.19. The van der Waals surface area contributed by atoms with E-state index < -0.39 is 6.10 Å². The number of methoxy groups -OCH3 is 1. The maximum Gasteiger partial charge on any atom is 0.306 e.